The number of anilines is 1. The molecule has 1 fully saturated rings. The second-order valence-corrected chi connectivity index (χ2v) is 8.92. The number of hydrogen-bond donors (Lipinski definition) is 1. The van der Waals surface area contributed by atoms with Crippen molar-refractivity contribution in [2.45, 2.75) is 26.4 Å². The van der Waals surface area contributed by atoms with E-state index in [2.05, 4.69) is 27.2 Å². The Kier molecular flexibility index (Phi) is 7.63. The van der Waals surface area contributed by atoms with Crippen molar-refractivity contribution in [2.75, 3.05) is 31.1 Å². The number of carbonyl (C=O) groups excluding carboxylic acids is 1. The molecule has 0 unspecified atom stereocenters. The lowest BCUT2D eigenvalue weighted by Crippen LogP contribution is -2.30. The van der Waals surface area contributed by atoms with Gasteiger partial charge >= 0.3 is 0 Å². The molecule has 0 aliphatic carbocycles. The first-order chi connectivity index (χ1) is 16.0. The molecule has 0 saturated carbocycles. The molecule has 172 valence electrons. The Morgan fingerprint density at radius 3 is 2.58 bits per heavy atom. The lowest BCUT2D eigenvalue weighted by molar-refractivity contribution is 0.0950. The summed E-state index contributed by atoms with van der Waals surface area (Å²) >= 11 is 6.15. The zero-order chi connectivity index (χ0) is 23.2. The first-order valence-electron chi connectivity index (χ1n) is 11.3. The summed E-state index contributed by atoms with van der Waals surface area (Å²) in [6, 6.07) is 20.5. The van der Waals surface area contributed by atoms with E-state index in [-0.39, 0.29) is 11.7 Å². The predicted molar refractivity (Wildman–Crippen MR) is 132 cm³/mol. The Bertz CT molecular complexity index is 1100. The average molecular weight is 466 g/mol. The summed E-state index contributed by atoms with van der Waals surface area (Å²) in [5, 5.41) is 3.61. The number of hydrogen-bond acceptors (Lipinski definition) is 3. The van der Waals surface area contributed by atoms with E-state index in [1.54, 1.807) is 18.2 Å². The number of nitrogens with zero attached hydrogens (tertiary/aromatic N) is 2. The maximum Gasteiger partial charge on any atom is 0.251 e. The molecule has 6 heteroatoms. The van der Waals surface area contributed by atoms with Crippen LogP contribution in [0.1, 0.15) is 33.5 Å². The molecule has 33 heavy (non-hydrogen) atoms. The third-order valence-electron chi connectivity index (χ3n) is 6.15. The van der Waals surface area contributed by atoms with Crippen molar-refractivity contribution < 1.29 is 9.18 Å². The van der Waals surface area contributed by atoms with Gasteiger partial charge in [-0.05, 0) is 66.4 Å². The minimum Gasteiger partial charge on any atom is -0.370 e. The van der Waals surface area contributed by atoms with E-state index in [0.717, 1.165) is 55.8 Å². The summed E-state index contributed by atoms with van der Waals surface area (Å²) in [5.74, 6) is -0.314. The summed E-state index contributed by atoms with van der Waals surface area (Å²) in [6.07, 6.45) is 1.07. The topological polar surface area (TPSA) is 35.6 Å². The van der Waals surface area contributed by atoms with Crippen LogP contribution >= 0.6 is 11.6 Å². The second kappa shape index (κ2) is 10.8. The minimum atomic E-state index is -0.195. The van der Waals surface area contributed by atoms with Crippen LogP contribution in [-0.2, 0) is 13.1 Å². The van der Waals surface area contributed by atoms with Crippen molar-refractivity contribution in [1.29, 1.82) is 0 Å². The van der Waals surface area contributed by atoms with Gasteiger partial charge in [0.05, 0.1) is 0 Å². The molecule has 1 aliphatic heterocycles. The lowest BCUT2D eigenvalue weighted by Gasteiger charge is -2.24. The molecule has 0 aromatic heterocycles. The normalized spacial score (nSPS) is 14.7. The molecule has 4 nitrogen and oxygen atoms in total. The second-order valence-electron chi connectivity index (χ2n) is 8.51. The van der Waals surface area contributed by atoms with E-state index in [0.29, 0.717) is 17.1 Å². The number of benzene rings is 3. The van der Waals surface area contributed by atoms with Gasteiger partial charge in [-0.1, -0.05) is 41.9 Å². The highest BCUT2D eigenvalue weighted by atomic mass is 35.5. The Balaban J connectivity index is 1.34. The van der Waals surface area contributed by atoms with E-state index in [4.69, 9.17) is 11.6 Å². The fraction of sp³-hybridized carbons (Fsp3) is 0.296. The monoisotopic (exact) mass is 465 g/mol. The zero-order valence-electron chi connectivity index (χ0n) is 18.9. The molecule has 1 aliphatic rings. The number of rotatable bonds is 6. The van der Waals surface area contributed by atoms with Crippen LogP contribution in [0, 0.1) is 12.7 Å². The summed E-state index contributed by atoms with van der Waals surface area (Å²) in [4.78, 5) is 17.4. The number of amides is 1. The maximum atomic E-state index is 13.2. The zero-order valence-corrected chi connectivity index (χ0v) is 19.6. The van der Waals surface area contributed by atoms with Gasteiger partial charge in [0.25, 0.3) is 5.91 Å². The van der Waals surface area contributed by atoms with Crippen LogP contribution < -0.4 is 10.2 Å². The molecular formula is C27H29ClFN3O. The molecule has 1 heterocycles. The van der Waals surface area contributed by atoms with Crippen LogP contribution in [-0.4, -0.2) is 37.0 Å². The van der Waals surface area contributed by atoms with E-state index in [1.165, 1.54) is 17.8 Å². The predicted octanol–water partition coefficient (Wildman–Crippen LogP) is 5.43. The van der Waals surface area contributed by atoms with Gasteiger partial charge in [-0.15, -0.1) is 0 Å². The van der Waals surface area contributed by atoms with Gasteiger partial charge in [0.2, 0.25) is 0 Å². The fourth-order valence-corrected chi connectivity index (χ4v) is 4.40. The van der Waals surface area contributed by atoms with Gasteiger partial charge in [0, 0.05) is 55.5 Å². The van der Waals surface area contributed by atoms with Crippen LogP contribution in [0.15, 0.2) is 66.7 Å². The van der Waals surface area contributed by atoms with Gasteiger partial charge in [0.1, 0.15) is 5.82 Å². The molecule has 0 radical (unpaired) electrons. The smallest absolute Gasteiger partial charge is 0.251 e. The minimum absolute atomic E-state index is 0.119. The molecule has 3 aromatic rings. The van der Waals surface area contributed by atoms with Crippen LogP contribution in [0.2, 0.25) is 5.02 Å². The SMILES string of the molecule is Cc1c(Cl)cccc1C(=O)NCc1cccc(N2CCCN(Cc3ccc(F)cc3)CC2)c1. The van der Waals surface area contributed by atoms with Gasteiger partial charge < -0.3 is 10.2 Å². The number of carbonyl (C=O) groups is 1. The van der Waals surface area contributed by atoms with Crippen LogP contribution in [0.5, 0.6) is 0 Å². The van der Waals surface area contributed by atoms with Crippen molar-refractivity contribution >= 4 is 23.2 Å². The highest BCUT2D eigenvalue weighted by molar-refractivity contribution is 6.31. The first kappa shape index (κ1) is 23.3. The molecule has 0 atom stereocenters. The number of nitrogens with one attached hydrogen (secondary N) is 1. The third kappa shape index (κ3) is 6.12. The Morgan fingerprint density at radius 1 is 0.970 bits per heavy atom. The molecule has 3 aromatic carbocycles. The Labute approximate surface area is 200 Å². The summed E-state index contributed by atoms with van der Waals surface area (Å²) < 4.78 is 13.2. The van der Waals surface area contributed by atoms with Crippen LogP contribution in [0.3, 0.4) is 0 Å². The van der Waals surface area contributed by atoms with E-state index in [1.807, 2.05) is 31.2 Å². The van der Waals surface area contributed by atoms with Crippen molar-refractivity contribution in [2.24, 2.45) is 0 Å². The summed E-state index contributed by atoms with van der Waals surface area (Å²) in [5.41, 5.74) is 4.77. The molecule has 1 amide bonds. The highest BCUT2D eigenvalue weighted by Crippen LogP contribution is 2.21. The van der Waals surface area contributed by atoms with Gasteiger partial charge in [0.15, 0.2) is 0 Å². The molecule has 1 saturated heterocycles. The molecule has 0 spiro atoms. The van der Waals surface area contributed by atoms with E-state index >= 15 is 0 Å². The van der Waals surface area contributed by atoms with Crippen molar-refractivity contribution in [3.63, 3.8) is 0 Å². The Morgan fingerprint density at radius 2 is 1.76 bits per heavy atom. The molecule has 1 N–H and O–H groups in total. The third-order valence-corrected chi connectivity index (χ3v) is 6.56. The largest absolute Gasteiger partial charge is 0.370 e. The first-order valence-corrected chi connectivity index (χ1v) is 11.7. The van der Waals surface area contributed by atoms with E-state index < -0.39 is 0 Å². The van der Waals surface area contributed by atoms with Gasteiger partial charge in [-0.2, -0.15) is 0 Å². The lowest BCUT2D eigenvalue weighted by atomic mass is 10.1. The van der Waals surface area contributed by atoms with Crippen LogP contribution in [0.25, 0.3) is 0 Å². The Hall–Kier alpha value is -2.89. The average Bonchev–Trinajstić information content (AvgIpc) is 3.06. The molecule has 0 bridgehead atoms. The fourth-order valence-electron chi connectivity index (χ4n) is 4.23. The number of halogens is 2. The quantitative estimate of drug-likeness (QED) is 0.527. The van der Waals surface area contributed by atoms with E-state index in [9.17, 15) is 9.18 Å². The van der Waals surface area contributed by atoms with Gasteiger partial charge in [-0.3, -0.25) is 9.69 Å². The van der Waals surface area contributed by atoms with Crippen LogP contribution in [0.4, 0.5) is 10.1 Å². The highest BCUT2D eigenvalue weighted by Gasteiger charge is 2.16. The van der Waals surface area contributed by atoms with Gasteiger partial charge in [-0.25, -0.2) is 4.39 Å². The van der Waals surface area contributed by atoms with Crippen molar-refractivity contribution in [3.8, 4) is 0 Å². The standard InChI is InChI=1S/C27H29ClFN3O/c1-20-25(7-3-8-26(20)28)27(33)30-18-22-5-2-6-24(17-22)32-14-4-13-31(15-16-32)19-21-9-11-23(29)12-10-21/h2-3,5-12,17H,4,13-16,18-19H2,1H3,(H,30,33). The van der Waals surface area contributed by atoms with Crippen molar-refractivity contribution in [1.82, 2.24) is 10.2 Å². The summed E-state index contributed by atoms with van der Waals surface area (Å²) in [6.45, 7) is 7.04. The summed E-state index contributed by atoms with van der Waals surface area (Å²) in [7, 11) is 0. The van der Waals surface area contributed by atoms with Crippen molar-refractivity contribution in [3.05, 3.63) is 99.8 Å². The maximum absolute atomic E-state index is 13.2. The molecule has 4 rings (SSSR count). The molecular weight excluding hydrogens is 437 g/mol.